The van der Waals surface area contributed by atoms with E-state index in [1.54, 1.807) is 103 Å². The predicted octanol–water partition coefficient (Wildman–Crippen LogP) is 12.5. The lowest BCUT2D eigenvalue weighted by molar-refractivity contribution is -0.113. The Hall–Kier alpha value is 0. The number of fused-ring (bicyclic) bond motifs is 9. The topological polar surface area (TPSA) is 0 Å². The fourth-order valence-electron chi connectivity index (χ4n) is 16.6. The van der Waals surface area contributed by atoms with Crippen LogP contribution in [0.1, 0.15) is 165 Å². The van der Waals surface area contributed by atoms with Crippen LogP contribution in [0.25, 0.3) is 0 Å². The van der Waals surface area contributed by atoms with Gasteiger partial charge in [-0.15, -0.1) is 0 Å². The maximum atomic E-state index is 2.49. The fraction of sp³-hybridized carbons (Fsp3) is 1.00. The summed E-state index contributed by atoms with van der Waals surface area (Å²) in [5.41, 5.74) is 3.21. The molecule has 0 aliphatic heterocycles. The van der Waals surface area contributed by atoms with E-state index in [9.17, 15) is 0 Å². The highest BCUT2D eigenvalue weighted by Crippen LogP contribution is 2.72. The van der Waals surface area contributed by atoms with E-state index in [2.05, 4.69) is 62.3 Å². The van der Waals surface area contributed by atoms with Crippen molar-refractivity contribution in [3.8, 4) is 0 Å². The van der Waals surface area contributed by atoms with Crippen LogP contribution < -0.4 is 0 Å². The molecule has 0 aromatic rings. The minimum atomic E-state index is 0.559. The van der Waals surface area contributed by atoms with Crippen molar-refractivity contribution in [3.63, 3.8) is 0 Å². The van der Waals surface area contributed by atoms with Gasteiger partial charge in [0.2, 0.25) is 0 Å². The molecule has 0 heteroatoms. The maximum absolute atomic E-state index is 2.49. The van der Waals surface area contributed by atoms with Crippen LogP contribution in [0.3, 0.4) is 0 Å². The summed E-state index contributed by atoms with van der Waals surface area (Å²) in [6.45, 7) is 22.4. The minimum absolute atomic E-state index is 0.559. The van der Waals surface area contributed by atoms with Gasteiger partial charge >= 0.3 is 0 Å². The zero-order chi connectivity index (χ0) is 30.3. The van der Waals surface area contributed by atoms with Crippen molar-refractivity contribution in [2.45, 2.75) is 165 Å². The SMILES string of the molecule is CC(C)(C)C12CC3CC(CC(C3)C1)C2.CC(C)(C)C12CC3CC(CC1C3)C2.CC(C)(C)C1CC2CC1C1C3CCC(C3)C21. The van der Waals surface area contributed by atoms with Gasteiger partial charge in [0.05, 0.1) is 0 Å². The highest BCUT2D eigenvalue weighted by atomic mass is 14.7. The Morgan fingerprint density at radius 3 is 1.37 bits per heavy atom. The van der Waals surface area contributed by atoms with Crippen LogP contribution in [0, 0.1) is 104 Å². The van der Waals surface area contributed by atoms with Crippen molar-refractivity contribution in [2.75, 3.05) is 0 Å². The van der Waals surface area contributed by atoms with Crippen LogP contribution in [-0.2, 0) is 0 Å². The third-order valence-corrected chi connectivity index (χ3v) is 18.0. The fourth-order valence-corrected chi connectivity index (χ4v) is 16.6. The minimum Gasteiger partial charge on any atom is -0.0599 e. The summed E-state index contributed by atoms with van der Waals surface area (Å²) < 4.78 is 0. The van der Waals surface area contributed by atoms with E-state index in [-0.39, 0.29) is 0 Å². The molecule has 0 heterocycles. The van der Waals surface area contributed by atoms with Crippen LogP contribution in [0.2, 0.25) is 0 Å². The molecule has 12 fully saturated rings. The Morgan fingerprint density at radius 1 is 0.442 bits per heavy atom. The van der Waals surface area contributed by atoms with Gasteiger partial charge in [-0.1, -0.05) is 62.3 Å². The Morgan fingerprint density at radius 2 is 0.930 bits per heavy atom. The van der Waals surface area contributed by atoms with Gasteiger partial charge in [-0.05, 0) is 207 Å². The van der Waals surface area contributed by atoms with Gasteiger partial charge in [0.1, 0.15) is 0 Å². The molecule has 12 bridgehead atoms. The second-order valence-corrected chi connectivity index (χ2v) is 22.8. The quantitative estimate of drug-likeness (QED) is 0.247. The maximum Gasteiger partial charge on any atom is -0.0215 e. The van der Waals surface area contributed by atoms with Crippen LogP contribution >= 0.6 is 0 Å². The third kappa shape index (κ3) is 4.67. The molecular weight excluding hydrogens is 516 g/mol. The van der Waals surface area contributed by atoms with E-state index >= 15 is 0 Å². The normalized spacial score (nSPS) is 54.5. The van der Waals surface area contributed by atoms with E-state index in [0.29, 0.717) is 16.2 Å². The molecule has 43 heavy (non-hydrogen) atoms. The first-order chi connectivity index (χ1) is 20.1. The Balaban J connectivity index is 0.0000000975. The molecule has 12 rings (SSSR count). The zero-order valence-corrected chi connectivity index (χ0v) is 30.3. The molecule has 0 amide bonds. The van der Waals surface area contributed by atoms with E-state index in [1.165, 1.54) is 17.8 Å². The Bertz CT molecular complexity index is 1010. The van der Waals surface area contributed by atoms with Gasteiger partial charge in [0, 0.05) is 0 Å². The molecule has 0 N–H and O–H groups in total. The van der Waals surface area contributed by atoms with Gasteiger partial charge < -0.3 is 0 Å². The highest BCUT2D eigenvalue weighted by molar-refractivity contribution is 5.13. The number of hydrogen-bond acceptors (Lipinski definition) is 0. The molecule has 12 saturated carbocycles. The van der Waals surface area contributed by atoms with Crippen molar-refractivity contribution >= 4 is 0 Å². The first-order valence-corrected chi connectivity index (χ1v) is 20.1. The summed E-state index contributed by atoms with van der Waals surface area (Å²) in [6, 6.07) is 0. The molecule has 0 nitrogen and oxygen atoms in total. The van der Waals surface area contributed by atoms with Gasteiger partial charge in [-0.25, -0.2) is 0 Å². The predicted molar refractivity (Wildman–Crippen MR) is 182 cm³/mol. The van der Waals surface area contributed by atoms with Crippen molar-refractivity contribution < 1.29 is 0 Å². The molecule has 9 unspecified atom stereocenters. The van der Waals surface area contributed by atoms with E-state index in [4.69, 9.17) is 0 Å². The van der Waals surface area contributed by atoms with Crippen molar-refractivity contribution in [2.24, 2.45) is 104 Å². The second-order valence-electron chi connectivity index (χ2n) is 22.8. The smallest absolute Gasteiger partial charge is 0.0215 e. The molecule has 0 spiro atoms. The van der Waals surface area contributed by atoms with Crippen molar-refractivity contribution in [1.29, 1.82) is 0 Å². The first kappa shape index (κ1) is 30.3. The van der Waals surface area contributed by atoms with Crippen molar-refractivity contribution in [3.05, 3.63) is 0 Å². The largest absolute Gasteiger partial charge is 0.0599 e. The summed E-state index contributed by atoms with van der Waals surface area (Å²) >= 11 is 0. The van der Waals surface area contributed by atoms with Gasteiger partial charge in [-0.3, -0.25) is 0 Å². The average Bonchev–Trinajstić information content (AvgIpc) is 3.71. The molecule has 0 saturated heterocycles. The highest BCUT2D eigenvalue weighted by Gasteiger charge is 2.64. The Labute approximate surface area is 268 Å². The zero-order valence-electron chi connectivity index (χ0n) is 30.3. The van der Waals surface area contributed by atoms with Gasteiger partial charge in [0.15, 0.2) is 0 Å². The summed E-state index contributed by atoms with van der Waals surface area (Å²) in [5.74, 6) is 14.7. The van der Waals surface area contributed by atoms with E-state index in [0.717, 1.165) is 70.0 Å². The molecule has 9 atom stereocenters. The summed E-state index contributed by atoms with van der Waals surface area (Å²) in [6.07, 6.45) is 25.3. The molecular formula is C43H72. The van der Waals surface area contributed by atoms with Crippen LogP contribution in [0.5, 0.6) is 0 Å². The molecule has 0 aromatic carbocycles. The van der Waals surface area contributed by atoms with Crippen LogP contribution in [0.4, 0.5) is 0 Å². The first-order valence-electron chi connectivity index (χ1n) is 20.1. The second kappa shape index (κ2) is 9.77. The lowest BCUT2D eigenvalue weighted by Crippen LogP contribution is -2.51. The van der Waals surface area contributed by atoms with Gasteiger partial charge in [0.25, 0.3) is 0 Å². The molecule has 12 aliphatic carbocycles. The molecule has 0 aromatic heterocycles. The number of rotatable bonds is 0. The van der Waals surface area contributed by atoms with Crippen LogP contribution in [0.15, 0.2) is 0 Å². The number of hydrogen-bond donors (Lipinski definition) is 0. The lowest BCUT2D eigenvalue weighted by Gasteiger charge is -2.62. The monoisotopic (exact) mass is 589 g/mol. The standard InChI is InChI=1S/C16H26.C14H24.C13H22/c1-16(2,3)13-8-11-7-12(13)15-10-5-4-9(6-10)14(11)15;1-13(2,3)14-7-10-4-11(8-14)6-12(5-10)9-14;1-12(2,3)13-7-9-4-10(8-13)6-11(13)5-9/h9-15H,4-8H2,1-3H3;10-12H,4-9H2,1-3H3;9-11H,4-8H2,1-3H3. The summed E-state index contributed by atoms with van der Waals surface area (Å²) in [5, 5.41) is 0. The lowest BCUT2D eigenvalue weighted by atomic mass is 9.43. The molecule has 0 radical (unpaired) electrons. The van der Waals surface area contributed by atoms with Crippen molar-refractivity contribution in [1.82, 2.24) is 0 Å². The average molecular weight is 589 g/mol. The summed E-state index contributed by atoms with van der Waals surface area (Å²) in [7, 11) is 0. The Kier molecular flexibility index (Phi) is 6.90. The van der Waals surface area contributed by atoms with Crippen LogP contribution in [-0.4, -0.2) is 0 Å². The van der Waals surface area contributed by atoms with E-state index in [1.807, 2.05) is 0 Å². The van der Waals surface area contributed by atoms with Gasteiger partial charge in [-0.2, -0.15) is 0 Å². The van der Waals surface area contributed by atoms with E-state index < -0.39 is 0 Å². The third-order valence-electron chi connectivity index (χ3n) is 18.0. The molecule has 12 aliphatic rings. The summed E-state index contributed by atoms with van der Waals surface area (Å²) in [4.78, 5) is 0. The molecule has 244 valence electrons.